The van der Waals surface area contributed by atoms with Crippen LogP contribution in [-0.4, -0.2) is 34.3 Å². The van der Waals surface area contributed by atoms with Gasteiger partial charge in [-0.15, -0.1) is 0 Å². The number of nitrogens with two attached hydrogens (primary N) is 1. The van der Waals surface area contributed by atoms with E-state index in [1.807, 2.05) is 0 Å². The summed E-state index contributed by atoms with van der Waals surface area (Å²) in [4.78, 5) is 10.3. The molecule has 0 aliphatic rings. The summed E-state index contributed by atoms with van der Waals surface area (Å²) in [6.07, 6.45) is 1.71. The number of rotatable bonds is 7. The second-order valence-electron chi connectivity index (χ2n) is 2.90. The van der Waals surface area contributed by atoms with Crippen LogP contribution in [0.2, 0.25) is 0 Å². The smallest absolute Gasteiger partial charge is 0.321 e. The molecule has 0 aliphatic carbocycles. The molecule has 0 fully saturated rings. The molecule has 76 valence electrons. The normalized spacial score (nSPS) is 12.5. The molecular weight excluding hydrogens is 188 g/mol. The Morgan fingerprint density at radius 1 is 1.69 bits per heavy atom. The van der Waals surface area contributed by atoms with E-state index in [1.54, 1.807) is 6.92 Å². The molecule has 1 unspecified atom stereocenters. The molecule has 4 nitrogen and oxygen atoms in total. The van der Waals surface area contributed by atoms with Crippen molar-refractivity contribution < 1.29 is 9.90 Å². The van der Waals surface area contributed by atoms with Crippen LogP contribution in [0.5, 0.6) is 0 Å². The zero-order valence-electron chi connectivity index (χ0n) is 7.75. The molecule has 0 aromatic rings. The number of aliphatic carboxylic acids is 1. The molecule has 0 heterocycles. The SMILES string of the molecule is CC(=N)CCCSCC(N)C(=O)O. The topological polar surface area (TPSA) is 87.2 Å². The van der Waals surface area contributed by atoms with Crippen molar-refractivity contribution in [3.8, 4) is 0 Å². The minimum absolute atomic E-state index is 0.451. The first kappa shape index (κ1) is 12.4. The van der Waals surface area contributed by atoms with Crippen molar-refractivity contribution in [2.45, 2.75) is 25.8 Å². The van der Waals surface area contributed by atoms with E-state index < -0.39 is 12.0 Å². The molecule has 0 spiro atoms. The van der Waals surface area contributed by atoms with Crippen LogP contribution in [0.25, 0.3) is 0 Å². The molecular formula is C8H16N2O2S. The van der Waals surface area contributed by atoms with Gasteiger partial charge in [-0.2, -0.15) is 11.8 Å². The summed E-state index contributed by atoms with van der Waals surface area (Å²) in [7, 11) is 0. The summed E-state index contributed by atoms with van der Waals surface area (Å²) in [5.41, 5.74) is 5.97. The van der Waals surface area contributed by atoms with Gasteiger partial charge in [-0.1, -0.05) is 0 Å². The van der Waals surface area contributed by atoms with Crippen LogP contribution >= 0.6 is 11.8 Å². The molecule has 0 aliphatic heterocycles. The highest BCUT2D eigenvalue weighted by Crippen LogP contribution is 2.06. The highest BCUT2D eigenvalue weighted by molar-refractivity contribution is 7.99. The Morgan fingerprint density at radius 3 is 2.77 bits per heavy atom. The molecule has 4 N–H and O–H groups in total. The third-order valence-corrected chi connectivity index (χ3v) is 2.63. The van der Waals surface area contributed by atoms with E-state index in [2.05, 4.69) is 0 Å². The maximum absolute atomic E-state index is 10.3. The number of nitrogens with one attached hydrogen (secondary N) is 1. The quantitative estimate of drug-likeness (QED) is 0.425. The fourth-order valence-electron chi connectivity index (χ4n) is 0.721. The van der Waals surface area contributed by atoms with E-state index in [4.69, 9.17) is 16.2 Å². The maximum atomic E-state index is 10.3. The van der Waals surface area contributed by atoms with Gasteiger partial charge in [0.2, 0.25) is 0 Å². The lowest BCUT2D eigenvalue weighted by atomic mass is 10.2. The Labute approximate surface area is 82.4 Å². The number of hydrogen-bond donors (Lipinski definition) is 3. The van der Waals surface area contributed by atoms with Gasteiger partial charge in [-0.25, -0.2) is 0 Å². The van der Waals surface area contributed by atoms with Gasteiger partial charge >= 0.3 is 5.97 Å². The fraction of sp³-hybridized carbons (Fsp3) is 0.750. The van der Waals surface area contributed by atoms with Crippen molar-refractivity contribution in [3.05, 3.63) is 0 Å². The van der Waals surface area contributed by atoms with E-state index in [1.165, 1.54) is 11.8 Å². The molecule has 0 amide bonds. The van der Waals surface area contributed by atoms with E-state index in [0.717, 1.165) is 18.6 Å². The maximum Gasteiger partial charge on any atom is 0.321 e. The van der Waals surface area contributed by atoms with Gasteiger partial charge in [0, 0.05) is 11.5 Å². The van der Waals surface area contributed by atoms with E-state index in [9.17, 15) is 4.79 Å². The molecule has 0 rings (SSSR count). The van der Waals surface area contributed by atoms with Crippen LogP contribution < -0.4 is 5.73 Å². The van der Waals surface area contributed by atoms with E-state index in [0.29, 0.717) is 11.5 Å². The molecule has 0 bridgehead atoms. The predicted molar refractivity (Wildman–Crippen MR) is 55.6 cm³/mol. The van der Waals surface area contributed by atoms with Gasteiger partial charge in [-0.3, -0.25) is 4.79 Å². The highest BCUT2D eigenvalue weighted by atomic mass is 32.2. The highest BCUT2D eigenvalue weighted by Gasteiger charge is 2.10. The zero-order valence-corrected chi connectivity index (χ0v) is 8.56. The second-order valence-corrected chi connectivity index (χ2v) is 4.05. The average molecular weight is 204 g/mol. The Morgan fingerprint density at radius 2 is 2.31 bits per heavy atom. The third-order valence-electron chi connectivity index (χ3n) is 1.46. The first-order valence-corrected chi connectivity index (χ1v) is 5.29. The van der Waals surface area contributed by atoms with Crippen molar-refractivity contribution in [2.75, 3.05) is 11.5 Å². The number of thioether (sulfide) groups is 1. The summed E-state index contributed by atoms with van der Waals surface area (Å²) in [5, 5.41) is 15.6. The molecule has 0 saturated heterocycles. The first-order valence-electron chi connectivity index (χ1n) is 4.14. The lowest BCUT2D eigenvalue weighted by Crippen LogP contribution is -2.32. The monoisotopic (exact) mass is 204 g/mol. The lowest BCUT2D eigenvalue weighted by molar-refractivity contribution is -0.137. The van der Waals surface area contributed by atoms with Crippen LogP contribution in [0.3, 0.4) is 0 Å². The number of carboxylic acid groups (broad SMARTS) is 1. The summed E-state index contributed by atoms with van der Waals surface area (Å²) < 4.78 is 0. The van der Waals surface area contributed by atoms with Gasteiger partial charge in [0.15, 0.2) is 0 Å². The lowest BCUT2D eigenvalue weighted by Gasteiger charge is -2.05. The minimum Gasteiger partial charge on any atom is -0.480 e. The summed E-state index contributed by atoms with van der Waals surface area (Å²) in [6.45, 7) is 1.77. The minimum atomic E-state index is -0.948. The molecule has 0 saturated carbocycles. The van der Waals surface area contributed by atoms with Crippen LogP contribution in [-0.2, 0) is 4.79 Å². The predicted octanol–water partition coefficient (Wildman–Crippen LogP) is 0.951. The van der Waals surface area contributed by atoms with Crippen molar-refractivity contribution in [1.82, 2.24) is 0 Å². The number of carboxylic acids is 1. The largest absolute Gasteiger partial charge is 0.480 e. The van der Waals surface area contributed by atoms with Crippen molar-refractivity contribution in [2.24, 2.45) is 5.73 Å². The van der Waals surface area contributed by atoms with Gasteiger partial charge in [0.1, 0.15) is 6.04 Å². The first-order chi connectivity index (χ1) is 6.04. The molecule has 1 atom stereocenters. The Kier molecular flexibility index (Phi) is 6.62. The average Bonchev–Trinajstić information content (AvgIpc) is 2.02. The molecule has 13 heavy (non-hydrogen) atoms. The van der Waals surface area contributed by atoms with Gasteiger partial charge in [0.05, 0.1) is 0 Å². The van der Waals surface area contributed by atoms with Crippen LogP contribution in [0.1, 0.15) is 19.8 Å². The fourth-order valence-corrected chi connectivity index (χ4v) is 1.63. The molecule has 0 radical (unpaired) electrons. The van der Waals surface area contributed by atoms with Crippen molar-refractivity contribution in [3.63, 3.8) is 0 Å². The Bertz CT molecular complexity index is 185. The van der Waals surface area contributed by atoms with Gasteiger partial charge in [-0.05, 0) is 25.5 Å². The number of carbonyl (C=O) groups is 1. The standard InChI is InChI=1S/C8H16N2O2S/c1-6(9)3-2-4-13-5-7(10)8(11)12/h7,9H,2-5,10H2,1H3,(H,11,12). The van der Waals surface area contributed by atoms with Gasteiger partial charge < -0.3 is 16.2 Å². The van der Waals surface area contributed by atoms with Crippen LogP contribution in [0, 0.1) is 5.41 Å². The number of hydrogen-bond acceptors (Lipinski definition) is 4. The summed E-state index contributed by atoms with van der Waals surface area (Å²) >= 11 is 1.53. The van der Waals surface area contributed by atoms with Crippen molar-refractivity contribution >= 4 is 23.4 Å². The molecule has 0 aromatic heterocycles. The van der Waals surface area contributed by atoms with Crippen LogP contribution in [0.4, 0.5) is 0 Å². The second kappa shape index (κ2) is 6.91. The summed E-state index contributed by atoms with van der Waals surface area (Å²) in [6, 6.07) is -0.758. The van der Waals surface area contributed by atoms with E-state index in [-0.39, 0.29) is 0 Å². The van der Waals surface area contributed by atoms with E-state index >= 15 is 0 Å². The Hall–Kier alpha value is -0.550. The molecule has 0 aromatic carbocycles. The zero-order chi connectivity index (χ0) is 10.3. The Balaban J connectivity index is 3.26. The van der Waals surface area contributed by atoms with Gasteiger partial charge in [0.25, 0.3) is 0 Å². The van der Waals surface area contributed by atoms with Crippen LogP contribution in [0.15, 0.2) is 0 Å². The molecule has 5 heteroatoms. The summed E-state index contributed by atoms with van der Waals surface area (Å²) in [5.74, 6) is 0.375. The van der Waals surface area contributed by atoms with Crippen molar-refractivity contribution in [1.29, 1.82) is 5.41 Å². The third kappa shape index (κ3) is 7.80.